The Morgan fingerprint density at radius 2 is 0.957 bits per heavy atom. The Morgan fingerprint density at radius 3 is 1.22 bits per heavy atom. The van der Waals surface area contributed by atoms with Crippen LogP contribution in [0.2, 0.25) is 0 Å². The van der Waals surface area contributed by atoms with Gasteiger partial charge >= 0.3 is 0 Å². The Hall–Kier alpha value is -2.98. The van der Waals surface area contributed by atoms with E-state index in [4.69, 9.17) is 0 Å². The van der Waals surface area contributed by atoms with E-state index in [-0.39, 0.29) is 0 Å². The lowest BCUT2D eigenvalue weighted by atomic mass is 9.77. The van der Waals surface area contributed by atoms with Crippen molar-refractivity contribution in [3.63, 3.8) is 0 Å². The normalized spacial score (nSPS) is 11.0. The van der Waals surface area contributed by atoms with Gasteiger partial charge in [0, 0.05) is 0 Å². The van der Waals surface area contributed by atoms with Crippen molar-refractivity contribution in [2.75, 3.05) is 0 Å². The van der Waals surface area contributed by atoms with Crippen LogP contribution in [0.3, 0.4) is 0 Å². The molecular formula is C19H16N2O2. The molecular weight excluding hydrogens is 288 g/mol. The van der Waals surface area contributed by atoms with Crippen LogP contribution in [-0.2, 0) is 5.54 Å². The number of hydroxylamine groups is 1. The van der Waals surface area contributed by atoms with Crippen molar-refractivity contribution in [3.05, 3.63) is 113 Å². The van der Waals surface area contributed by atoms with Gasteiger partial charge in [0.1, 0.15) is 0 Å². The second-order valence-electron chi connectivity index (χ2n) is 5.18. The molecule has 0 spiro atoms. The molecule has 0 aliphatic heterocycles. The molecule has 0 aliphatic rings. The highest BCUT2D eigenvalue weighted by Crippen LogP contribution is 2.41. The predicted octanol–water partition coefficient (Wildman–Crippen LogP) is 4.35. The highest BCUT2D eigenvalue weighted by Gasteiger charge is 2.43. The van der Waals surface area contributed by atoms with Gasteiger partial charge in [-0.15, -0.1) is 10.1 Å². The number of rotatable bonds is 5. The summed E-state index contributed by atoms with van der Waals surface area (Å²) in [5.74, 6) is 0. The summed E-state index contributed by atoms with van der Waals surface area (Å²) in [5, 5.41) is 13.8. The van der Waals surface area contributed by atoms with Crippen molar-refractivity contribution in [1.82, 2.24) is 5.17 Å². The van der Waals surface area contributed by atoms with Crippen LogP contribution in [0, 0.1) is 4.91 Å². The molecule has 0 aliphatic carbocycles. The first-order valence-corrected chi connectivity index (χ1v) is 7.29. The van der Waals surface area contributed by atoms with E-state index in [0.29, 0.717) is 5.17 Å². The molecule has 1 N–H and O–H groups in total. The maximum Gasteiger partial charge on any atom is 0.164 e. The highest BCUT2D eigenvalue weighted by atomic mass is 16.6. The smallest absolute Gasteiger partial charge is 0.164 e. The van der Waals surface area contributed by atoms with Crippen molar-refractivity contribution in [1.29, 1.82) is 0 Å². The number of hydrogen-bond acceptors (Lipinski definition) is 3. The minimum absolute atomic E-state index is 0.493. The molecule has 4 heteroatoms. The van der Waals surface area contributed by atoms with E-state index in [1.807, 2.05) is 91.0 Å². The summed E-state index contributed by atoms with van der Waals surface area (Å²) in [6.07, 6.45) is 0. The molecule has 0 amide bonds. The fourth-order valence-corrected chi connectivity index (χ4v) is 2.95. The lowest BCUT2D eigenvalue weighted by Crippen LogP contribution is -2.43. The zero-order chi connectivity index (χ0) is 16.1. The molecule has 0 unspecified atom stereocenters. The topological polar surface area (TPSA) is 52.9 Å². The summed E-state index contributed by atoms with van der Waals surface area (Å²) in [6.45, 7) is 0. The molecule has 0 fully saturated rings. The van der Waals surface area contributed by atoms with Crippen molar-refractivity contribution in [2.45, 2.75) is 5.54 Å². The van der Waals surface area contributed by atoms with E-state index < -0.39 is 5.54 Å². The minimum atomic E-state index is -1.20. The molecule has 3 aromatic rings. The molecule has 0 aromatic heterocycles. The van der Waals surface area contributed by atoms with E-state index in [9.17, 15) is 10.1 Å². The van der Waals surface area contributed by atoms with Gasteiger partial charge in [0.2, 0.25) is 0 Å². The maximum absolute atomic E-state index is 11.3. The van der Waals surface area contributed by atoms with Crippen molar-refractivity contribution >= 4 is 0 Å². The van der Waals surface area contributed by atoms with Crippen LogP contribution in [0.5, 0.6) is 0 Å². The van der Waals surface area contributed by atoms with Crippen LogP contribution >= 0.6 is 0 Å². The molecule has 3 rings (SSSR count). The number of nitrogens with zero attached hydrogens (tertiary/aromatic N) is 2. The molecule has 3 aromatic carbocycles. The van der Waals surface area contributed by atoms with Crippen LogP contribution in [0.25, 0.3) is 0 Å². The summed E-state index contributed by atoms with van der Waals surface area (Å²) in [4.78, 5) is 11.3. The third-order valence-corrected chi connectivity index (χ3v) is 3.95. The van der Waals surface area contributed by atoms with Gasteiger partial charge in [-0.05, 0) is 16.7 Å². The molecule has 23 heavy (non-hydrogen) atoms. The molecule has 4 nitrogen and oxygen atoms in total. The molecule has 0 heterocycles. The molecule has 0 saturated carbocycles. The first-order valence-electron chi connectivity index (χ1n) is 7.29. The van der Waals surface area contributed by atoms with Gasteiger partial charge in [-0.3, -0.25) is 5.21 Å². The van der Waals surface area contributed by atoms with Crippen molar-refractivity contribution < 1.29 is 5.21 Å². The summed E-state index contributed by atoms with van der Waals surface area (Å²) in [7, 11) is 0. The van der Waals surface area contributed by atoms with Gasteiger partial charge in [0.15, 0.2) is 5.54 Å². The Bertz CT molecular complexity index is 664. The third kappa shape index (κ3) is 2.49. The van der Waals surface area contributed by atoms with Gasteiger partial charge in [-0.1, -0.05) is 91.0 Å². The average Bonchev–Trinajstić information content (AvgIpc) is 2.65. The van der Waals surface area contributed by atoms with E-state index >= 15 is 0 Å². The Kier molecular flexibility index (Phi) is 4.17. The van der Waals surface area contributed by atoms with Crippen LogP contribution in [-0.4, -0.2) is 10.4 Å². The first-order chi connectivity index (χ1) is 11.3. The standard InChI is InChI=1S/C19H16N2O2/c22-20-21(23)19(16-10-4-1-5-11-16,17-12-6-2-7-13-17)18-14-8-3-9-15-18/h1-15,23H. The summed E-state index contributed by atoms with van der Waals surface area (Å²) < 4.78 is 0. The minimum Gasteiger partial charge on any atom is -0.268 e. The monoisotopic (exact) mass is 304 g/mol. The number of nitroso groups, excluding NO2 is 1. The maximum atomic E-state index is 11.3. The number of hydrogen-bond donors (Lipinski definition) is 1. The van der Waals surface area contributed by atoms with Gasteiger partial charge < -0.3 is 0 Å². The lowest BCUT2D eigenvalue weighted by molar-refractivity contribution is -0.150. The highest BCUT2D eigenvalue weighted by molar-refractivity contribution is 5.48. The molecule has 0 bridgehead atoms. The Morgan fingerprint density at radius 1 is 0.652 bits per heavy atom. The molecule has 0 radical (unpaired) electrons. The Labute approximate surface area is 134 Å². The van der Waals surface area contributed by atoms with Crippen molar-refractivity contribution in [3.8, 4) is 0 Å². The second-order valence-corrected chi connectivity index (χ2v) is 5.18. The van der Waals surface area contributed by atoms with Gasteiger partial charge in [0.25, 0.3) is 0 Å². The SMILES string of the molecule is O=NN(O)C(c1ccccc1)(c1ccccc1)c1ccccc1. The largest absolute Gasteiger partial charge is 0.268 e. The van der Waals surface area contributed by atoms with E-state index in [0.717, 1.165) is 16.7 Å². The zero-order valence-corrected chi connectivity index (χ0v) is 12.4. The van der Waals surface area contributed by atoms with Crippen LogP contribution in [0.15, 0.2) is 96.3 Å². The third-order valence-electron chi connectivity index (χ3n) is 3.95. The quantitative estimate of drug-likeness (QED) is 0.433. The van der Waals surface area contributed by atoms with Crippen LogP contribution in [0.1, 0.15) is 16.7 Å². The van der Waals surface area contributed by atoms with Crippen molar-refractivity contribution in [2.24, 2.45) is 5.29 Å². The van der Waals surface area contributed by atoms with E-state index in [1.54, 1.807) is 0 Å². The van der Waals surface area contributed by atoms with Crippen LogP contribution < -0.4 is 0 Å². The molecule has 0 atom stereocenters. The van der Waals surface area contributed by atoms with Gasteiger partial charge in [0.05, 0.1) is 5.29 Å². The van der Waals surface area contributed by atoms with Gasteiger partial charge in [-0.2, -0.15) is 0 Å². The predicted molar refractivity (Wildman–Crippen MR) is 88.6 cm³/mol. The first kappa shape index (κ1) is 14.9. The van der Waals surface area contributed by atoms with E-state index in [2.05, 4.69) is 5.29 Å². The lowest BCUT2D eigenvalue weighted by Gasteiger charge is -2.37. The fourth-order valence-electron chi connectivity index (χ4n) is 2.95. The van der Waals surface area contributed by atoms with Crippen LogP contribution in [0.4, 0.5) is 0 Å². The number of benzene rings is 3. The molecule has 0 saturated heterocycles. The summed E-state index contributed by atoms with van der Waals surface area (Å²) in [6, 6.07) is 28.1. The Balaban J connectivity index is 2.38. The summed E-state index contributed by atoms with van der Waals surface area (Å²) in [5.41, 5.74) is 1.05. The zero-order valence-electron chi connectivity index (χ0n) is 12.4. The van der Waals surface area contributed by atoms with Gasteiger partial charge in [-0.25, -0.2) is 0 Å². The van der Waals surface area contributed by atoms with E-state index in [1.165, 1.54) is 0 Å². The summed E-state index contributed by atoms with van der Waals surface area (Å²) >= 11 is 0. The average molecular weight is 304 g/mol. The second kappa shape index (κ2) is 6.42. The fraction of sp³-hybridized carbons (Fsp3) is 0.0526. The molecule has 114 valence electrons.